The van der Waals surface area contributed by atoms with E-state index in [1.54, 1.807) is 13.2 Å². The number of methoxy groups -OCH3 is 1. The van der Waals surface area contributed by atoms with E-state index in [1.165, 1.54) is 0 Å². The number of carbonyl (C=O) groups excluding carboxylic acids is 1. The van der Waals surface area contributed by atoms with Crippen molar-refractivity contribution in [1.82, 2.24) is 0 Å². The van der Waals surface area contributed by atoms with Gasteiger partial charge in [0.15, 0.2) is 0 Å². The number of hydrogen-bond donors (Lipinski definition) is 1. The molecule has 1 aliphatic rings. The van der Waals surface area contributed by atoms with E-state index in [4.69, 9.17) is 16.3 Å². The highest BCUT2D eigenvalue weighted by atomic mass is 35.5. The summed E-state index contributed by atoms with van der Waals surface area (Å²) in [7, 11) is 1.67. The van der Waals surface area contributed by atoms with Gasteiger partial charge in [-0.1, -0.05) is 48.0 Å². The molecule has 1 N–H and O–H groups in total. The summed E-state index contributed by atoms with van der Waals surface area (Å²) in [4.78, 5) is 12.4. The van der Waals surface area contributed by atoms with Crippen LogP contribution in [0.25, 0.3) is 11.1 Å². The summed E-state index contributed by atoms with van der Waals surface area (Å²) in [6, 6.07) is 21.7. The van der Waals surface area contributed by atoms with Gasteiger partial charge in [0.2, 0.25) is 5.91 Å². The fourth-order valence-corrected chi connectivity index (χ4v) is 3.64. The summed E-state index contributed by atoms with van der Waals surface area (Å²) in [5, 5.41) is 3.58. The minimum Gasteiger partial charge on any atom is -0.496 e. The molecule has 4 rings (SSSR count). The highest BCUT2D eigenvalue weighted by Gasteiger charge is 2.30. The van der Waals surface area contributed by atoms with Crippen molar-refractivity contribution in [1.29, 1.82) is 0 Å². The van der Waals surface area contributed by atoms with Gasteiger partial charge in [0.05, 0.1) is 13.0 Å². The summed E-state index contributed by atoms with van der Waals surface area (Å²) in [6.07, 6.45) is 0.614. The van der Waals surface area contributed by atoms with Gasteiger partial charge in [-0.15, -0.1) is 0 Å². The number of nitrogens with one attached hydrogen (secondary N) is 1. The number of rotatable bonds is 4. The number of ether oxygens (including phenoxy) is 1. The standard InChI is InChI=1S/C22H18ClNO2/c1-26-21-10-7-14(11-17(21)15-5-3-2-4-6-15)12-19-18-13-16(23)8-9-20(18)24-22(19)25/h2-11,13,19H,12H2,1H3,(H,24,25). The zero-order valence-corrected chi connectivity index (χ0v) is 15.1. The number of amides is 1. The Hall–Kier alpha value is -2.78. The molecule has 0 bridgehead atoms. The average molecular weight is 364 g/mol. The van der Waals surface area contributed by atoms with E-state index >= 15 is 0 Å². The van der Waals surface area contributed by atoms with Crippen LogP contribution in [-0.2, 0) is 11.2 Å². The van der Waals surface area contributed by atoms with E-state index in [2.05, 4.69) is 23.5 Å². The van der Waals surface area contributed by atoms with E-state index in [0.717, 1.165) is 33.7 Å². The quantitative estimate of drug-likeness (QED) is 0.683. The molecule has 0 radical (unpaired) electrons. The predicted molar refractivity (Wildman–Crippen MR) is 105 cm³/mol. The van der Waals surface area contributed by atoms with Crippen molar-refractivity contribution in [3.05, 3.63) is 82.9 Å². The van der Waals surface area contributed by atoms with Crippen LogP contribution in [0.5, 0.6) is 5.75 Å². The first-order valence-corrected chi connectivity index (χ1v) is 8.86. The van der Waals surface area contributed by atoms with Crippen LogP contribution in [0.2, 0.25) is 5.02 Å². The van der Waals surface area contributed by atoms with E-state index in [-0.39, 0.29) is 11.8 Å². The van der Waals surface area contributed by atoms with Gasteiger partial charge in [0.1, 0.15) is 5.75 Å². The molecule has 0 aromatic heterocycles. The topological polar surface area (TPSA) is 38.3 Å². The molecule has 1 amide bonds. The summed E-state index contributed by atoms with van der Waals surface area (Å²) in [6.45, 7) is 0. The second kappa shape index (κ2) is 6.85. The number of fused-ring (bicyclic) bond motifs is 1. The van der Waals surface area contributed by atoms with E-state index in [0.29, 0.717) is 11.4 Å². The first-order chi connectivity index (χ1) is 12.7. The minimum absolute atomic E-state index is 0.0133. The summed E-state index contributed by atoms with van der Waals surface area (Å²) in [5.41, 5.74) is 5.00. The number of carbonyl (C=O) groups is 1. The zero-order valence-electron chi connectivity index (χ0n) is 14.3. The lowest BCUT2D eigenvalue weighted by molar-refractivity contribution is -0.117. The molecular weight excluding hydrogens is 346 g/mol. The van der Waals surface area contributed by atoms with E-state index in [1.807, 2.05) is 42.5 Å². The Balaban J connectivity index is 1.70. The maximum absolute atomic E-state index is 12.4. The Morgan fingerprint density at radius 2 is 1.85 bits per heavy atom. The molecule has 0 aliphatic carbocycles. The van der Waals surface area contributed by atoms with Crippen molar-refractivity contribution in [3.8, 4) is 16.9 Å². The predicted octanol–water partition coefficient (Wildman–Crippen LogP) is 5.29. The molecule has 1 unspecified atom stereocenters. The van der Waals surface area contributed by atoms with Gasteiger partial charge in [-0.3, -0.25) is 4.79 Å². The fourth-order valence-electron chi connectivity index (χ4n) is 3.46. The van der Waals surface area contributed by atoms with Crippen molar-refractivity contribution >= 4 is 23.2 Å². The van der Waals surface area contributed by atoms with Gasteiger partial charge < -0.3 is 10.1 Å². The Bertz CT molecular complexity index is 969. The van der Waals surface area contributed by atoms with Crippen molar-refractivity contribution in [2.24, 2.45) is 0 Å². The third-order valence-electron chi connectivity index (χ3n) is 4.75. The Labute approximate surface area is 157 Å². The van der Waals surface area contributed by atoms with Crippen LogP contribution in [-0.4, -0.2) is 13.0 Å². The van der Waals surface area contributed by atoms with Crippen LogP contribution < -0.4 is 10.1 Å². The van der Waals surface area contributed by atoms with Gasteiger partial charge >= 0.3 is 0 Å². The smallest absolute Gasteiger partial charge is 0.232 e. The van der Waals surface area contributed by atoms with Crippen LogP contribution in [0.3, 0.4) is 0 Å². The molecule has 3 aromatic rings. The lowest BCUT2D eigenvalue weighted by Crippen LogP contribution is -2.14. The SMILES string of the molecule is COc1ccc(CC2C(=O)Nc3ccc(Cl)cc32)cc1-c1ccccc1. The van der Waals surface area contributed by atoms with Crippen LogP contribution in [0, 0.1) is 0 Å². The molecule has 3 aromatic carbocycles. The first-order valence-electron chi connectivity index (χ1n) is 8.48. The van der Waals surface area contributed by atoms with Gasteiger partial charge in [0, 0.05) is 16.3 Å². The monoisotopic (exact) mass is 363 g/mol. The third kappa shape index (κ3) is 3.06. The highest BCUT2D eigenvalue weighted by Crippen LogP contribution is 2.38. The maximum Gasteiger partial charge on any atom is 0.232 e. The van der Waals surface area contributed by atoms with E-state index < -0.39 is 0 Å². The summed E-state index contributed by atoms with van der Waals surface area (Å²) < 4.78 is 5.52. The first kappa shape index (κ1) is 16.7. The normalized spacial score (nSPS) is 15.5. The Morgan fingerprint density at radius 1 is 1.04 bits per heavy atom. The van der Waals surface area contributed by atoms with Crippen LogP contribution in [0.4, 0.5) is 5.69 Å². The number of halogens is 1. The van der Waals surface area contributed by atoms with Gasteiger partial charge in [0.25, 0.3) is 0 Å². The van der Waals surface area contributed by atoms with Gasteiger partial charge in [-0.25, -0.2) is 0 Å². The summed E-state index contributed by atoms with van der Waals surface area (Å²) in [5.74, 6) is 0.597. The molecule has 130 valence electrons. The molecule has 26 heavy (non-hydrogen) atoms. The number of hydrogen-bond acceptors (Lipinski definition) is 2. The average Bonchev–Trinajstić information content (AvgIpc) is 2.97. The van der Waals surface area contributed by atoms with Crippen molar-refractivity contribution < 1.29 is 9.53 Å². The van der Waals surface area contributed by atoms with Crippen molar-refractivity contribution in [2.45, 2.75) is 12.3 Å². The molecular formula is C22H18ClNO2. The molecule has 1 aliphatic heterocycles. The van der Waals surface area contributed by atoms with Crippen LogP contribution >= 0.6 is 11.6 Å². The fraction of sp³-hybridized carbons (Fsp3) is 0.136. The van der Waals surface area contributed by atoms with Crippen LogP contribution in [0.1, 0.15) is 17.0 Å². The van der Waals surface area contributed by atoms with Crippen LogP contribution in [0.15, 0.2) is 66.7 Å². The Kier molecular flexibility index (Phi) is 4.39. The molecule has 3 nitrogen and oxygen atoms in total. The lowest BCUT2D eigenvalue weighted by atomic mass is 9.91. The maximum atomic E-state index is 12.4. The highest BCUT2D eigenvalue weighted by molar-refractivity contribution is 6.31. The Morgan fingerprint density at radius 3 is 2.62 bits per heavy atom. The summed E-state index contributed by atoms with van der Waals surface area (Å²) >= 11 is 6.13. The van der Waals surface area contributed by atoms with E-state index in [9.17, 15) is 4.79 Å². The molecule has 0 saturated heterocycles. The molecule has 0 spiro atoms. The van der Waals surface area contributed by atoms with Crippen molar-refractivity contribution in [2.75, 3.05) is 12.4 Å². The van der Waals surface area contributed by atoms with Gasteiger partial charge in [-0.05, 0) is 53.4 Å². The molecule has 0 saturated carbocycles. The lowest BCUT2D eigenvalue weighted by Gasteiger charge is -2.14. The largest absolute Gasteiger partial charge is 0.496 e. The molecule has 0 fully saturated rings. The second-order valence-electron chi connectivity index (χ2n) is 6.38. The third-order valence-corrected chi connectivity index (χ3v) is 4.99. The van der Waals surface area contributed by atoms with Crippen molar-refractivity contribution in [3.63, 3.8) is 0 Å². The molecule has 1 heterocycles. The van der Waals surface area contributed by atoms with Gasteiger partial charge in [-0.2, -0.15) is 0 Å². The second-order valence-corrected chi connectivity index (χ2v) is 6.81. The minimum atomic E-state index is -0.235. The number of benzene rings is 3. The zero-order chi connectivity index (χ0) is 18.1. The molecule has 4 heteroatoms. The number of anilines is 1. The molecule has 1 atom stereocenters.